The van der Waals surface area contributed by atoms with E-state index in [1.807, 2.05) is 6.92 Å². The van der Waals surface area contributed by atoms with Gasteiger partial charge in [-0.15, -0.1) is 0 Å². The number of carbonyl (C=O) groups is 2. The van der Waals surface area contributed by atoms with E-state index in [0.29, 0.717) is 37.7 Å². The molecule has 102 valence electrons. The van der Waals surface area contributed by atoms with Crippen molar-refractivity contribution < 1.29 is 9.59 Å². The van der Waals surface area contributed by atoms with Crippen LogP contribution in [0.3, 0.4) is 0 Å². The monoisotopic (exact) mass is 262 g/mol. The molecule has 2 amide bonds. The summed E-state index contributed by atoms with van der Waals surface area (Å²) in [5.74, 6) is 0.573. The molecule has 0 spiro atoms. The number of nitrogens with zero attached hydrogens (tertiary/aromatic N) is 4. The topological polar surface area (TPSA) is 66.4 Å². The highest BCUT2D eigenvalue weighted by Crippen LogP contribution is 2.08. The average molecular weight is 262 g/mol. The van der Waals surface area contributed by atoms with Crippen LogP contribution in [0.15, 0.2) is 6.07 Å². The summed E-state index contributed by atoms with van der Waals surface area (Å²) in [6, 6.07) is 1.70. The largest absolute Gasteiger partial charge is 0.339 e. The van der Waals surface area contributed by atoms with Gasteiger partial charge in [-0.1, -0.05) is 0 Å². The molecule has 0 aromatic carbocycles. The molecule has 19 heavy (non-hydrogen) atoms. The second-order valence-corrected chi connectivity index (χ2v) is 4.74. The Hall–Kier alpha value is -1.98. The van der Waals surface area contributed by atoms with Gasteiger partial charge < -0.3 is 9.80 Å². The van der Waals surface area contributed by atoms with E-state index in [4.69, 9.17) is 0 Å². The summed E-state index contributed by atoms with van der Waals surface area (Å²) in [6.45, 7) is 7.46. The van der Waals surface area contributed by atoms with Crippen LogP contribution in [0.2, 0.25) is 0 Å². The SMILES string of the molecule is CC(=O)N1CCN(C(=O)c2cc(C)nc(C)n2)CC1. The van der Waals surface area contributed by atoms with Gasteiger partial charge in [0.2, 0.25) is 5.91 Å². The summed E-state index contributed by atoms with van der Waals surface area (Å²) in [7, 11) is 0. The van der Waals surface area contributed by atoms with E-state index >= 15 is 0 Å². The summed E-state index contributed by atoms with van der Waals surface area (Å²) >= 11 is 0. The van der Waals surface area contributed by atoms with Crippen molar-refractivity contribution in [3.8, 4) is 0 Å². The van der Waals surface area contributed by atoms with Gasteiger partial charge in [0.1, 0.15) is 11.5 Å². The molecule has 0 N–H and O–H groups in total. The Morgan fingerprint density at radius 3 is 2.16 bits per heavy atom. The van der Waals surface area contributed by atoms with Gasteiger partial charge in [-0.3, -0.25) is 9.59 Å². The molecule has 2 rings (SSSR count). The molecule has 2 heterocycles. The highest BCUT2D eigenvalue weighted by Gasteiger charge is 2.24. The first kappa shape index (κ1) is 13.5. The fourth-order valence-electron chi connectivity index (χ4n) is 2.21. The molecule has 1 aromatic heterocycles. The summed E-state index contributed by atoms with van der Waals surface area (Å²) in [4.78, 5) is 35.4. The highest BCUT2D eigenvalue weighted by molar-refractivity contribution is 5.92. The summed E-state index contributed by atoms with van der Waals surface area (Å²) in [5, 5.41) is 0. The van der Waals surface area contributed by atoms with E-state index < -0.39 is 0 Å². The van der Waals surface area contributed by atoms with Crippen LogP contribution in [0, 0.1) is 13.8 Å². The van der Waals surface area contributed by atoms with Gasteiger partial charge in [-0.2, -0.15) is 0 Å². The molecule has 0 aliphatic carbocycles. The fraction of sp³-hybridized carbons (Fsp3) is 0.538. The molecule has 1 aliphatic heterocycles. The third-order valence-electron chi connectivity index (χ3n) is 3.20. The van der Waals surface area contributed by atoms with Crippen LogP contribution in [-0.2, 0) is 4.79 Å². The zero-order valence-electron chi connectivity index (χ0n) is 11.5. The molecule has 1 fully saturated rings. The van der Waals surface area contributed by atoms with Crippen molar-refractivity contribution in [2.45, 2.75) is 20.8 Å². The van der Waals surface area contributed by atoms with E-state index in [2.05, 4.69) is 9.97 Å². The number of piperazine rings is 1. The number of hydrogen-bond donors (Lipinski definition) is 0. The summed E-state index contributed by atoms with van der Waals surface area (Å²) in [6.07, 6.45) is 0. The van der Waals surface area contributed by atoms with E-state index in [-0.39, 0.29) is 11.8 Å². The molecular weight excluding hydrogens is 244 g/mol. The lowest BCUT2D eigenvalue weighted by Crippen LogP contribution is -2.50. The van der Waals surface area contributed by atoms with Gasteiger partial charge in [-0.25, -0.2) is 9.97 Å². The molecule has 6 heteroatoms. The predicted octanol–water partition coefficient (Wildman–Crippen LogP) is 0.398. The number of amides is 2. The molecular formula is C13H18N4O2. The lowest BCUT2D eigenvalue weighted by Gasteiger charge is -2.34. The Morgan fingerprint density at radius 1 is 1.05 bits per heavy atom. The molecule has 0 bridgehead atoms. The van der Waals surface area contributed by atoms with Crippen LogP contribution in [-0.4, -0.2) is 57.8 Å². The van der Waals surface area contributed by atoms with Crippen LogP contribution in [0.25, 0.3) is 0 Å². The molecule has 6 nitrogen and oxygen atoms in total. The Kier molecular flexibility index (Phi) is 3.78. The van der Waals surface area contributed by atoms with Crippen molar-refractivity contribution in [1.29, 1.82) is 0 Å². The first-order valence-electron chi connectivity index (χ1n) is 6.34. The first-order valence-corrected chi connectivity index (χ1v) is 6.34. The second-order valence-electron chi connectivity index (χ2n) is 4.74. The third kappa shape index (κ3) is 3.07. The van der Waals surface area contributed by atoms with Gasteiger partial charge in [0.05, 0.1) is 0 Å². The summed E-state index contributed by atoms with van der Waals surface area (Å²) in [5.41, 5.74) is 1.22. The van der Waals surface area contributed by atoms with Gasteiger partial charge in [0, 0.05) is 38.8 Å². The first-order chi connectivity index (χ1) is 8.97. The Bertz CT molecular complexity index is 487. The van der Waals surface area contributed by atoms with Gasteiger partial charge >= 0.3 is 0 Å². The quantitative estimate of drug-likeness (QED) is 0.734. The molecule has 1 aliphatic rings. The number of hydrogen-bond acceptors (Lipinski definition) is 4. The smallest absolute Gasteiger partial charge is 0.272 e. The normalized spacial score (nSPS) is 15.5. The maximum absolute atomic E-state index is 12.3. The molecule has 1 saturated heterocycles. The maximum atomic E-state index is 12.3. The maximum Gasteiger partial charge on any atom is 0.272 e. The predicted molar refractivity (Wildman–Crippen MR) is 69.7 cm³/mol. The number of aromatic nitrogens is 2. The van der Waals surface area contributed by atoms with Crippen LogP contribution >= 0.6 is 0 Å². The van der Waals surface area contributed by atoms with E-state index in [1.165, 1.54) is 0 Å². The Labute approximate surface area is 112 Å². The average Bonchev–Trinajstić information content (AvgIpc) is 2.37. The molecule has 0 atom stereocenters. The van der Waals surface area contributed by atoms with Crippen molar-refractivity contribution in [3.63, 3.8) is 0 Å². The molecule has 0 unspecified atom stereocenters. The van der Waals surface area contributed by atoms with Crippen molar-refractivity contribution >= 4 is 11.8 Å². The number of aryl methyl sites for hydroxylation is 2. The lowest BCUT2D eigenvalue weighted by atomic mass is 10.2. The molecule has 0 radical (unpaired) electrons. The zero-order chi connectivity index (χ0) is 14.0. The lowest BCUT2D eigenvalue weighted by molar-refractivity contribution is -0.130. The van der Waals surface area contributed by atoms with Gasteiger partial charge in [0.25, 0.3) is 5.91 Å². The van der Waals surface area contributed by atoms with Crippen molar-refractivity contribution in [3.05, 3.63) is 23.3 Å². The van der Waals surface area contributed by atoms with Crippen LogP contribution in [0.1, 0.15) is 28.9 Å². The van der Waals surface area contributed by atoms with Crippen LogP contribution in [0.5, 0.6) is 0 Å². The fourth-order valence-corrected chi connectivity index (χ4v) is 2.21. The standard InChI is InChI=1S/C13H18N4O2/c1-9-8-12(15-10(2)14-9)13(19)17-6-4-16(5-7-17)11(3)18/h8H,4-7H2,1-3H3. The minimum Gasteiger partial charge on any atom is -0.339 e. The van der Waals surface area contributed by atoms with Crippen LogP contribution in [0.4, 0.5) is 0 Å². The Morgan fingerprint density at radius 2 is 1.63 bits per heavy atom. The van der Waals surface area contributed by atoms with Gasteiger partial charge in [-0.05, 0) is 19.9 Å². The minimum atomic E-state index is -0.0863. The van der Waals surface area contributed by atoms with Gasteiger partial charge in [0.15, 0.2) is 0 Å². The van der Waals surface area contributed by atoms with Crippen LogP contribution < -0.4 is 0 Å². The van der Waals surface area contributed by atoms with Crippen molar-refractivity contribution in [1.82, 2.24) is 19.8 Å². The molecule has 0 saturated carbocycles. The third-order valence-corrected chi connectivity index (χ3v) is 3.20. The number of carbonyl (C=O) groups excluding carboxylic acids is 2. The second kappa shape index (κ2) is 5.34. The van der Waals surface area contributed by atoms with E-state index in [1.54, 1.807) is 29.7 Å². The Balaban J connectivity index is 2.07. The van der Waals surface area contributed by atoms with Crippen molar-refractivity contribution in [2.24, 2.45) is 0 Å². The van der Waals surface area contributed by atoms with E-state index in [9.17, 15) is 9.59 Å². The highest BCUT2D eigenvalue weighted by atomic mass is 16.2. The van der Waals surface area contributed by atoms with E-state index in [0.717, 1.165) is 5.69 Å². The number of rotatable bonds is 1. The summed E-state index contributed by atoms with van der Waals surface area (Å²) < 4.78 is 0. The minimum absolute atomic E-state index is 0.0563. The zero-order valence-corrected chi connectivity index (χ0v) is 11.5. The van der Waals surface area contributed by atoms with Crippen molar-refractivity contribution in [2.75, 3.05) is 26.2 Å². The molecule has 1 aromatic rings.